The topological polar surface area (TPSA) is 71.9 Å². The first-order valence-electron chi connectivity index (χ1n) is 10.3. The summed E-state index contributed by atoms with van der Waals surface area (Å²) >= 11 is 0. The molecule has 1 N–H and O–H groups in total. The van der Waals surface area contributed by atoms with Crippen LogP contribution in [0.3, 0.4) is 0 Å². The number of methoxy groups -OCH3 is 2. The Kier molecular flexibility index (Phi) is 5.46. The van der Waals surface area contributed by atoms with Crippen LogP contribution in [0.15, 0.2) is 42.5 Å². The molecule has 1 aliphatic carbocycles. The van der Waals surface area contributed by atoms with Gasteiger partial charge in [0.05, 0.1) is 19.8 Å². The van der Waals surface area contributed by atoms with E-state index in [2.05, 4.69) is 4.98 Å². The van der Waals surface area contributed by atoms with Gasteiger partial charge in [0, 0.05) is 24.6 Å². The largest absolute Gasteiger partial charge is 0.481 e. The minimum atomic E-state index is -0.897. The van der Waals surface area contributed by atoms with Crippen LogP contribution in [0.2, 0.25) is 0 Å². The van der Waals surface area contributed by atoms with Gasteiger partial charge in [-0.05, 0) is 30.9 Å². The summed E-state index contributed by atoms with van der Waals surface area (Å²) in [5.41, 5.74) is 0.487. The predicted octanol–water partition coefficient (Wildman–Crippen LogP) is 3.39. The lowest BCUT2D eigenvalue weighted by atomic mass is 9.66. The van der Waals surface area contributed by atoms with Crippen LogP contribution < -0.4 is 9.47 Å². The Morgan fingerprint density at radius 2 is 1.86 bits per heavy atom. The van der Waals surface area contributed by atoms with Crippen molar-refractivity contribution in [2.24, 2.45) is 5.92 Å². The van der Waals surface area contributed by atoms with E-state index in [0.717, 1.165) is 31.2 Å². The molecule has 6 heteroatoms. The summed E-state index contributed by atoms with van der Waals surface area (Å²) in [6, 6.07) is 13.3. The number of likely N-dealkylation sites (tertiary alicyclic amines) is 1. The first kappa shape index (κ1) is 19.7. The van der Waals surface area contributed by atoms with Crippen LogP contribution in [0.25, 0.3) is 0 Å². The Bertz CT molecular complexity index is 872. The summed E-state index contributed by atoms with van der Waals surface area (Å²) in [5.74, 6) is 0.606. The van der Waals surface area contributed by atoms with Crippen molar-refractivity contribution in [3.8, 4) is 11.8 Å². The third-order valence-electron chi connectivity index (χ3n) is 6.48. The molecule has 1 saturated heterocycles. The maximum absolute atomic E-state index is 13.5. The third kappa shape index (κ3) is 3.46. The van der Waals surface area contributed by atoms with Gasteiger partial charge in [-0.2, -0.15) is 4.98 Å². The maximum Gasteiger partial charge on any atom is 0.259 e. The summed E-state index contributed by atoms with van der Waals surface area (Å²) in [7, 11) is 3.04. The maximum atomic E-state index is 13.5. The number of ether oxygens (including phenoxy) is 2. The quantitative estimate of drug-likeness (QED) is 0.858. The molecule has 3 atom stereocenters. The van der Waals surface area contributed by atoms with E-state index in [-0.39, 0.29) is 23.7 Å². The fourth-order valence-electron chi connectivity index (χ4n) is 5.03. The molecule has 2 fully saturated rings. The Hall–Kier alpha value is -2.60. The lowest BCUT2D eigenvalue weighted by Gasteiger charge is -2.52. The third-order valence-corrected chi connectivity index (χ3v) is 6.48. The highest BCUT2D eigenvalue weighted by atomic mass is 16.5. The summed E-state index contributed by atoms with van der Waals surface area (Å²) in [6.45, 7) is 0.501. The number of fused-ring (bicyclic) bond motifs is 1. The molecule has 6 nitrogen and oxygen atoms in total. The van der Waals surface area contributed by atoms with Crippen LogP contribution in [-0.4, -0.2) is 47.7 Å². The molecular weight excluding hydrogens is 368 g/mol. The molecule has 1 aromatic heterocycles. The highest BCUT2D eigenvalue weighted by Crippen LogP contribution is 2.47. The van der Waals surface area contributed by atoms with Gasteiger partial charge in [-0.1, -0.05) is 43.2 Å². The molecule has 0 radical (unpaired) electrons. The van der Waals surface area contributed by atoms with Crippen LogP contribution in [0.5, 0.6) is 11.8 Å². The molecule has 154 valence electrons. The highest BCUT2D eigenvalue weighted by Gasteiger charge is 2.50. The number of amides is 1. The lowest BCUT2D eigenvalue weighted by molar-refractivity contribution is -0.110. The molecule has 2 aliphatic rings. The SMILES string of the molecule is COc1ccc(C(=O)N2CCC(O)(c3ccccc3)[C@@H]3CCCC[C@@H]32)c(OC)n1. The monoisotopic (exact) mass is 396 g/mol. The summed E-state index contributed by atoms with van der Waals surface area (Å²) in [5, 5.41) is 11.7. The smallest absolute Gasteiger partial charge is 0.259 e. The first-order chi connectivity index (χ1) is 14.1. The second kappa shape index (κ2) is 8.03. The van der Waals surface area contributed by atoms with E-state index in [1.165, 1.54) is 14.2 Å². The molecule has 1 aliphatic heterocycles. The van der Waals surface area contributed by atoms with Crippen molar-refractivity contribution in [3.63, 3.8) is 0 Å². The average Bonchev–Trinajstić information content (AvgIpc) is 2.79. The van der Waals surface area contributed by atoms with Crippen molar-refractivity contribution in [2.45, 2.75) is 43.7 Å². The van der Waals surface area contributed by atoms with Gasteiger partial charge in [-0.15, -0.1) is 0 Å². The fraction of sp³-hybridized carbons (Fsp3) is 0.478. The molecule has 1 aromatic carbocycles. The average molecular weight is 396 g/mol. The lowest BCUT2D eigenvalue weighted by Crippen LogP contribution is -2.59. The fourth-order valence-corrected chi connectivity index (χ4v) is 5.03. The van der Waals surface area contributed by atoms with E-state index < -0.39 is 5.60 Å². The van der Waals surface area contributed by atoms with Crippen molar-refractivity contribution in [3.05, 3.63) is 53.6 Å². The second-order valence-corrected chi connectivity index (χ2v) is 7.91. The van der Waals surface area contributed by atoms with Gasteiger partial charge in [-0.25, -0.2) is 0 Å². The van der Waals surface area contributed by atoms with Crippen molar-refractivity contribution >= 4 is 5.91 Å². The number of carbonyl (C=O) groups is 1. The van der Waals surface area contributed by atoms with Crippen LogP contribution >= 0.6 is 0 Å². The van der Waals surface area contributed by atoms with Crippen LogP contribution in [0, 0.1) is 5.92 Å². The Labute approximate surface area is 171 Å². The van der Waals surface area contributed by atoms with Gasteiger partial charge in [-0.3, -0.25) is 4.79 Å². The van der Waals surface area contributed by atoms with Gasteiger partial charge in [0.15, 0.2) is 0 Å². The van der Waals surface area contributed by atoms with Gasteiger partial charge in [0.2, 0.25) is 11.8 Å². The summed E-state index contributed by atoms with van der Waals surface area (Å²) in [4.78, 5) is 19.7. The van der Waals surface area contributed by atoms with Crippen molar-refractivity contribution < 1.29 is 19.4 Å². The predicted molar refractivity (Wildman–Crippen MR) is 109 cm³/mol. The van der Waals surface area contributed by atoms with Crippen molar-refractivity contribution in [1.82, 2.24) is 9.88 Å². The normalized spacial score (nSPS) is 26.5. The van der Waals surface area contributed by atoms with Crippen LogP contribution in [0.1, 0.15) is 48.0 Å². The molecule has 4 rings (SSSR count). The second-order valence-electron chi connectivity index (χ2n) is 7.91. The van der Waals surface area contributed by atoms with E-state index in [1.807, 2.05) is 35.2 Å². The number of aromatic nitrogens is 1. The molecule has 1 amide bonds. The van der Waals surface area contributed by atoms with Gasteiger partial charge < -0.3 is 19.5 Å². The number of hydrogen-bond acceptors (Lipinski definition) is 5. The van der Waals surface area contributed by atoms with Gasteiger partial charge in [0.1, 0.15) is 5.56 Å². The molecule has 29 heavy (non-hydrogen) atoms. The van der Waals surface area contributed by atoms with E-state index >= 15 is 0 Å². The molecule has 2 heterocycles. The highest BCUT2D eigenvalue weighted by molar-refractivity contribution is 5.96. The molecule has 2 aromatic rings. The minimum Gasteiger partial charge on any atom is -0.481 e. The Balaban J connectivity index is 1.66. The number of pyridine rings is 1. The zero-order chi connectivity index (χ0) is 20.4. The van der Waals surface area contributed by atoms with E-state index in [0.29, 0.717) is 24.4 Å². The molecule has 0 spiro atoms. The van der Waals surface area contributed by atoms with E-state index in [9.17, 15) is 9.90 Å². The van der Waals surface area contributed by atoms with Crippen molar-refractivity contribution in [1.29, 1.82) is 0 Å². The zero-order valence-corrected chi connectivity index (χ0v) is 17.0. The summed E-state index contributed by atoms with van der Waals surface area (Å²) < 4.78 is 10.5. The van der Waals surface area contributed by atoms with Gasteiger partial charge >= 0.3 is 0 Å². The molecule has 0 bridgehead atoms. The van der Waals surface area contributed by atoms with E-state index in [1.54, 1.807) is 12.1 Å². The number of hydrogen-bond donors (Lipinski definition) is 1. The zero-order valence-electron chi connectivity index (χ0n) is 17.0. The number of benzene rings is 1. The van der Waals surface area contributed by atoms with Crippen LogP contribution in [0.4, 0.5) is 0 Å². The van der Waals surface area contributed by atoms with E-state index in [4.69, 9.17) is 9.47 Å². The first-order valence-corrected chi connectivity index (χ1v) is 10.3. The number of rotatable bonds is 4. The molecule has 1 unspecified atom stereocenters. The Morgan fingerprint density at radius 3 is 2.59 bits per heavy atom. The Morgan fingerprint density at radius 1 is 1.10 bits per heavy atom. The number of nitrogens with zero attached hydrogens (tertiary/aromatic N) is 2. The summed E-state index contributed by atoms with van der Waals surface area (Å²) in [6.07, 6.45) is 4.48. The van der Waals surface area contributed by atoms with Gasteiger partial charge in [0.25, 0.3) is 5.91 Å². The standard InChI is InChI=1S/C23H28N2O4/c1-28-20-13-12-17(21(24-20)29-2)22(26)25-15-14-23(27,16-8-4-3-5-9-16)18-10-6-7-11-19(18)25/h3-5,8-9,12-13,18-19,27H,6-7,10-11,14-15H2,1-2H3/t18-,19+,23?/m1/s1. The number of aliphatic hydroxyl groups is 1. The molecule has 1 saturated carbocycles. The number of carbonyl (C=O) groups excluding carboxylic acids is 1. The number of piperidine rings is 1. The molecular formula is C23H28N2O4. The van der Waals surface area contributed by atoms with Crippen molar-refractivity contribution in [2.75, 3.05) is 20.8 Å². The van der Waals surface area contributed by atoms with Crippen LogP contribution in [-0.2, 0) is 5.60 Å². The minimum absolute atomic E-state index is 0.00186.